The highest BCUT2D eigenvalue weighted by atomic mass is 32.5. The molecule has 0 spiro atoms. The molecule has 17 heteroatoms. The smallest absolute Gasteiger partial charge is 0.310 e. The molecule has 1 aliphatic carbocycles. The Bertz CT molecular complexity index is 1380. The van der Waals surface area contributed by atoms with E-state index in [0.717, 1.165) is 6.20 Å². The fourth-order valence-electron chi connectivity index (χ4n) is 4.99. The highest BCUT2D eigenvalue weighted by Gasteiger charge is 2.65. The van der Waals surface area contributed by atoms with Crippen LogP contribution in [0, 0.1) is 11.5 Å². The van der Waals surface area contributed by atoms with E-state index in [4.69, 9.17) is 0 Å². The highest BCUT2D eigenvalue weighted by molar-refractivity contribution is 8.45. The Morgan fingerprint density at radius 3 is 2.17 bits per heavy atom. The Labute approximate surface area is 234 Å². The summed E-state index contributed by atoms with van der Waals surface area (Å²) in [6, 6.07) is -0.930. The van der Waals surface area contributed by atoms with Gasteiger partial charge in [-0.1, -0.05) is 25.5 Å². The molecule has 4 rings (SSSR count). The number of benzene rings is 1. The quantitative estimate of drug-likeness (QED) is 0.272. The molecule has 42 heavy (non-hydrogen) atoms. The first-order valence-electron chi connectivity index (χ1n) is 12.5. The number of nitrogens with one attached hydrogen (secondary N) is 1. The first kappa shape index (κ1) is 31.3. The number of carbonyl (C=O) groups excluding carboxylic acids is 2. The van der Waals surface area contributed by atoms with Crippen LogP contribution >= 0.6 is 10.2 Å². The van der Waals surface area contributed by atoms with E-state index >= 15 is 0 Å². The van der Waals surface area contributed by atoms with Crippen molar-refractivity contribution in [2.24, 2.45) is 0 Å². The summed E-state index contributed by atoms with van der Waals surface area (Å²) in [4.78, 5) is 30.1. The molecule has 1 saturated heterocycles. The van der Waals surface area contributed by atoms with E-state index < -0.39 is 88.4 Å². The van der Waals surface area contributed by atoms with Crippen molar-refractivity contribution in [2.75, 3.05) is 11.4 Å². The summed E-state index contributed by atoms with van der Waals surface area (Å²) >= 11 is 0. The van der Waals surface area contributed by atoms with Crippen LogP contribution in [-0.2, 0) is 9.59 Å². The minimum atomic E-state index is -10.2. The Balaban J connectivity index is 1.81. The lowest BCUT2D eigenvalue weighted by Crippen LogP contribution is -2.52. The number of amides is 2. The SMILES string of the molecule is N#CN1CC(F)(F)CC1C(=O)N(c1ccc(S(F)(F)(F)(F)F)cc1)C(C(=O)NC1CCC(F)(F)CC1)c1cccnc1. The zero-order valence-electron chi connectivity index (χ0n) is 21.5. The summed E-state index contributed by atoms with van der Waals surface area (Å²) in [5, 5.41) is 11.9. The largest absolute Gasteiger partial charge is 0.351 e. The predicted molar refractivity (Wildman–Crippen MR) is 133 cm³/mol. The monoisotopic (exact) mass is 629 g/mol. The van der Waals surface area contributed by atoms with Crippen LogP contribution in [0.4, 0.5) is 42.7 Å². The van der Waals surface area contributed by atoms with Crippen molar-refractivity contribution >= 4 is 27.7 Å². The van der Waals surface area contributed by atoms with Gasteiger partial charge in [0.15, 0.2) is 6.19 Å². The molecule has 2 aliphatic rings. The average Bonchev–Trinajstić information content (AvgIpc) is 3.22. The summed E-state index contributed by atoms with van der Waals surface area (Å²) in [6.45, 7) is -1.16. The van der Waals surface area contributed by atoms with Crippen LogP contribution in [0.3, 0.4) is 0 Å². The fraction of sp³-hybridized carbons (Fsp3) is 0.440. The minimum absolute atomic E-state index is 0.0100. The summed E-state index contributed by atoms with van der Waals surface area (Å²) in [6.07, 6.45) is 1.25. The molecule has 2 fully saturated rings. The van der Waals surface area contributed by atoms with Gasteiger partial charge in [0.25, 0.3) is 11.8 Å². The number of aromatic nitrogens is 1. The van der Waals surface area contributed by atoms with Crippen molar-refractivity contribution in [3.05, 3.63) is 54.4 Å². The van der Waals surface area contributed by atoms with Gasteiger partial charge >= 0.3 is 10.2 Å². The molecule has 1 aliphatic heterocycles. The Morgan fingerprint density at radius 1 is 1.02 bits per heavy atom. The molecule has 1 aromatic carbocycles. The first-order chi connectivity index (χ1) is 19.2. The lowest BCUT2D eigenvalue weighted by atomic mass is 9.91. The normalized spacial score (nSPS) is 22.8. The zero-order chi connectivity index (χ0) is 31.2. The van der Waals surface area contributed by atoms with Crippen molar-refractivity contribution < 1.29 is 46.6 Å². The van der Waals surface area contributed by atoms with Crippen LogP contribution in [0.15, 0.2) is 53.7 Å². The maximum absolute atomic E-state index is 14.3. The van der Waals surface area contributed by atoms with E-state index in [9.17, 15) is 51.8 Å². The van der Waals surface area contributed by atoms with Crippen LogP contribution in [0.1, 0.15) is 43.7 Å². The van der Waals surface area contributed by atoms with Gasteiger partial charge in [-0.25, -0.2) is 17.6 Å². The third kappa shape index (κ3) is 7.02. The van der Waals surface area contributed by atoms with Crippen molar-refractivity contribution in [3.8, 4) is 6.19 Å². The second-order valence-corrected chi connectivity index (χ2v) is 12.7. The molecule has 2 unspecified atom stereocenters. The van der Waals surface area contributed by atoms with E-state index in [0.29, 0.717) is 21.9 Å². The summed E-state index contributed by atoms with van der Waals surface area (Å²) in [7, 11) is -10.2. The maximum atomic E-state index is 14.3. The van der Waals surface area contributed by atoms with Gasteiger partial charge in [-0.2, -0.15) is 5.26 Å². The molecule has 0 bridgehead atoms. The molecule has 0 radical (unpaired) electrons. The number of rotatable bonds is 7. The van der Waals surface area contributed by atoms with Crippen molar-refractivity contribution in [1.82, 2.24) is 15.2 Å². The fourth-order valence-corrected chi connectivity index (χ4v) is 5.64. The highest BCUT2D eigenvalue weighted by Crippen LogP contribution is 3.02. The number of pyridine rings is 1. The number of hydrogen-bond acceptors (Lipinski definition) is 5. The Morgan fingerprint density at radius 2 is 1.64 bits per heavy atom. The lowest BCUT2D eigenvalue weighted by molar-refractivity contribution is -0.129. The van der Waals surface area contributed by atoms with E-state index in [-0.39, 0.29) is 30.5 Å². The number of likely N-dealkylation sites (tertiary alicyclic amines) is 1. The van der Waals surface area contributed by atoms with Gasteiger partial charge in [-0.05, 0) is 43.2 Å². The van der Waals surface area contributed by atoms with Crippen molar-refractivity contribution in [1.29, 1.82) is 5.26 Å². The summed E-state index contributed by atoms with van der Waals surface area (Å²) in [5.41, 5.74) is -0.618. The molecule has 7 nitrogen and oxygen atoms in total. The number of alkyl halides is 4. The van der Waals surface area contributed by atoms with Gasteiger partial charge in [0.1, 0.15) is 17.0 Å². The number of carbonyl (C=O) groups is 2. The molecule has 2 heterocycles. The van der Waals surface area contributed by atoms with Gasteiger partial charge in [0.2, 0.25) is 11.8 Å². The number of anilines is 1. The molecule has 1 aromatic heterocycles. The molecular weight excluding hydrogens is 605 g/mol. The second kappa shape index (κ2) is 9.96. The summed E-state index contributed by atoms with van der Waals surface area (Å²) in [5.74, 6) is -8.80. The van der Waals surface area contributed by atoms with E-state index in [1.807, 2.05) is 0 Å². The first-order valence-corrected chi connectivity index (χ1v) is 14.4. The van der Waals surface area contributed by atoms with E-state index in [2.05, 4.69) is 10.3 Å². The maximum Gasteiger partial charge on any atom is 0.310 e. The second-order valence-electron chi connectivity index (χ2n) is 10.3. The number of halogens is 9. The molecule has 2 aromatic rings. The number of nitrogens with zero attached hydrogens (tertiary/aromatic N) is 4. The van der Waals surface area contributed by atoms with E-state index in [1.54, 1.807) is 0 Å². The standard InChI is InChI=1S/C25H24F9N5O2S/c26-24(27)9-7-17(8-10-24)37-22(40)21(16-2-1-11-36-13-16)39(23(41)20-12-25(28,29)14-38(20)15-35)18-3-5-19(6-4-18)42(30,31,32,33)34/h1-6,11,13,17,20-21H,7-10,12,14H2,(H,37,40). The van der Waals surface area contributed by atoms with Gasteiger partial charge in [0.05, 0.1) is 6.54 Å². The third-order valence-corrected chi connectivity index (χ3v) is 8.21. The van der Waals surface area contributed by atoms with Crippen LogP contribution in [-0.4, -0.2) is 52.2 Å². The Kier molecular flexibility index (Phi) is 7.41. The number of nitriles is 1. The molecule has 2 atom stereocenters. The van der Waals surface area contributed by atoms with Gasteiger partial charge in [0, 0.05) is 48.9 Å². The van der Waals surface area contributed by atoms with Gasteiger partial charge in [-0.15, -0.1) is 0 Å². The van der Waals surface area contributed by atoms with Crippen LogP contribution in [0.25, 0.3) is 0 Å². The average molecular weight is 630 g/mol. The van der Waals surface area contributed by atoms with Crippen LogP contribution < -0.4 is 10.2 Å². The van der Waals surface area contributed by atoms with E-state index in [1.165, 1.54) is 24.5 Å². The molecular formula is C25H24F9N5O2S. The summed E-state index contributed by atoms with van der Waals surface area (Å²) < 4.78 is 123. The van der Waals surface area contributed by atoms with Crippen LogP contribution in [0.5, 0.6) is 0 Å². The predicted octanol–water partition coefficient (Wildman–Crippen LogP) is 6.70. The van der Waals surface area contributed by atoms with Gasteiger partial charge in [-0.3, -0.25) is 24.4 Å². The van der Waals surface area contributed by atoms with Gasteiger partial charge < -0.3 is 5.32 Å². The lowest BCUT2D eigenvalue weighted by Gasteiger charge is -2.41. The van der Waals surface area contributed by atoms with Crippen molar-refractivity contribution in [3.63, 3.8) is 0 Å². The molecule has 230 valence electrons. The molecule has 2 amide bonds. The molecule has 1 N–H and O–H groups in total. The van der Waals surface area contributed by atoms with Crippen LogP contribution in [0.2, 0.25) is 0 Å². The minimum Gasteiger partial charge on any atom is -0.351 e. The topological polar surface area (TPSA) is 89.3 Å². The van der Waals surface area contributed by atoms with Crippen molar-refractivity contribution in [2.45, 2.75) is 67.0 Å². The number of hydrogen-bond donors (Lipinski definition) is 1. The zero-order valence-corrected chi connectivity index (χ0v) is 22.3. The Hall–Kier alpha value is -3.68. The molecule has 1 saturated carbocycles. The third-order valence-electron chi connectivity index (χ3n) is 7.05.